The van der Waals surface area contributed by atoms with Gasteiger partial charge in [0.2, 0.25) is 17.7 Å². The first-order chi connectivity index (χ1) is 22.7. The molecule has 0 aromatic heterocycles. The zero-order valence-electron chi connectivity index (χ0n) is 27.9. The number of fused-ring (bicyclic) bond motifs is 2. The SMILES string of the molecule is CCC(=O)N[C@@H](Cc1ccc2ccccc2c1)C(=O)N[C@H](C(=O)C[C@@H](CCCCN)C(=O)N[C@@H]1CCOc2ccccc21)[C@@H](C)CC. The normalized spacial score (nSPS) is 16.6. The number of Topliss-reactive ketones (excluding diaryl/α,β-unsaturated/α-hetero) is 1. The first-order valence-corrected chi connectivity index (χ1v) is 17.1. The van der Waals surface area contributed by atoms with Crippen LogP contribution in [0, 0.1) is 11.8 Å². The van der Waals surface area contributed by atoms with E-state index >= 15 is 0 Å². The first kappa shape index (κ1) is 35.6. The molecule has 0 saturated carbocycles. The van der Waals surface area contributed by atoms with Gasteiger partial charge in [0.1, 0.15) is 11.8 Å². The molecule has 3 aromatic rings. The Hall–Kier alpha value is -4.24. The van der Waals surface area contributed by atoms with Crippen molar-refractivity contribution in [2.75, 3.05) is 13.2 Å². The minimum Gasteiger partial charge on any atom is -0.493 e. The molecule has 1 heterocycles. The number of hydrogen-bond donors (Lipinski definition) is 4. The molecule has 0 radical (unpaired) electrons. The van der Waals surface area contributed by atoms with Crippen LogP contribution in [0.4, 0.5) is 0 Å². The van der Waals surface area contributed by atoms with Gasteiger partial charge in [0.15, 0.2) is 5.78 Å². The zero-order valence-corrected chi connectivity index (χ0v) is 27.9. The second kappa shape index (κ2) is 17.6. The molecular formula is C38H50N4O5. The van der Waals surface area contributed by atoms with Gasteiger partial charge >= 0.3 is 0 Å². The number of carbonyl (C=O) groups excluding carboxylic acids is 4. The minimum absolute atomic E-state index is 0.00673. The fourth-order valence-corrected chi connectivity index (χ4v) is 6.15. The molecule has 9 heteroatoms. The summed E-state index contributed by atoms with van der Waals surface area (Å²) in [6.07, 6.45) is 3.76. The maximum absolute atomic E-state index is 14.0. The van der Waals surface area contributed by atoms with Crippen molar-refractivity contribution in [2.45, 2.75) is 90.3 Å². The summed E-state index contributed by atoms with van der Waals surface area (Å²) in [6.45, 7) is 6.63. The maximum atomic E-state index is 14.0. The standard InChI is InChI=1S/C38H50N4O5/c1-4-25(3)36(42-38(46)32(40-35(44)5-2)23-26-17-18-27-12-6-7-13-28(27)22-26)33(43)24-29(14-10-11-20-39)37(45)41-31-19-21-47-34-16-9-8-15-30(31)34/h6-9,12-13,15-18,22,25,29,31-32,36H,4-5,10-11,14,19-21,23-24,39H2,1-3H3,(H,40,44)(H,41,45)(H,42,46)/t25-,29+,31+,32-,36-/m0/s1. The molecule has 3 amide bonds. The van der Waals surface area contributed by atoms with Crippen molar-refractivity contribution >= 4 is 34.3 Å². The van der Waals surface area contributed by atoms with Crippen LogP contribution in [0.1, 0.15) is 82.9 Å². The highest BCUT2D eigenvalue weighted by Gasteiger charge is 2.33. The van der Waals surface area contributed by atoms with Crippen LogP contribution < -0.4 is 26.4 Å². The van der Waals surface area contributed by atoms with Crippen molar-refractivity contribution in [1.82, 2.24) is 16.0 Å². The largest absolute Gasteiger partial charge is 0.493 e. The van der Waals surface area contributed by atoms with Crippen molar-refractivity contribution < 1.29 is 23.9 Å². The monoisotopic (exact) mass is 642 g/mol. The number of rotatable bonds is 17. The van der Waals surface area contributed by atoms with E-state index in [1.807, 2.05) is 80.6 Å². The molecule has 0 saturated heterocycles. The summed E-state index contributed by atoms with van der Waals surface area (Å²) in [5.41, 5.74) is 7.58. The maximum Gasteiger partial charge on any atom is 0.243 e. The molecule has 47 heavy (non-hydrogen) atoms. The predicted octanol–water partition coefficient (Wildman–Crippen LogP) is 5.15. The quantitative estimate of drug-likeness (QED) is 0.150. The van der Waals surface area contributed by atoms with Crippen LogP contribution in [0.15, 0.2) is 66.7 Å². The summed E-state index contributed by atoms with van der Waals surface area (Å²) in [7, 11) is 0. The van der Waals surface area contributed by atoms with E-state index in [0.29, 0.717) is 38.8 Å². The van der Waals surface area contributed by atoms with Crippen LogP contribution in [0.5, 0.6) is 5.75 Å². The van der Waals surface area contributed by atoms with Gasteiger partial charge in [-0.15, -0.1) is 0 Å². The molecule has 252 valence electrons. The number of para-hydroxylation sites is 1. The van der Waals surface area contributed by atoms with Crippen molar-refractivity contribution in [1.29, 1.82) is 0 Å². The van der Waals surface area contributed by atoms with Gasteiger partial charge < -0.3 is 26.4 Å². The van der Waals surface area contributed by atoms with Gasteiger partial charge in [0.25, 0.3) is 0 Å². The highest BCUT2D eigenvalue weighted by Crippen LogP contribution is 2.32. The van der Waals surface area contributed by atoms with E-state index in [-0.39, 0.29) is 48.8 Å². The molecule has 4 rings (SSSR count). The number of ether oxygens (including phenoxy) is 1. The Bertz CT molecular complexity index is 1520. The lowest BCUT2D eigenvalue weighted by Crippen LogP contribution is -2.54. The summed E-state index contributed by atoms with van der Waals surface area (Å²) in [5.74, 6) is -1.03. The van der Waals surface area contributed by atoms with Gasteiger partial charge in [-0.3, -0.25) is 19.2 Å². The summed E-state index contributed by atoms with van der Waals surface area (Å²) >= 11 is 0. The molecular weight excluding hydrogens is 592 g/mol. The minimum atomic E-state index is -0.861. The van der Waals surface area contributed by atoms with Gasteiger partial charge in [0.05, 0.1) is 18.7 Å². The summed E-state index contributed by atoms with van der Waals surface area (Å²) in [4.78, 5) is 54.1. The number of nitrogens with two attached hydrogens (primary N) is 1. The Morgan fingerprint density at radius 1 is 0.915 bits per heavy atom. The van der Waals surface area contributed by atoms with E-state index in [2.05, 4.69) is 16.0 Å². The van der Waals surface area contributed by atoms with Crippen LogP contribution in [-0.4, -0.2) is 48.7 Å². The molecule has 0 spiro atoms. The molecule has 5 N–H and O–H groups in total. The van der Waals surface area contributed by atoms with Crippen molar-refractivity contribution in [3.8, 4) is 5.75 Å². The Morgan fingerprint density at radius 3 is 2.40 bits per heavy atom. The zero-order chi connectivity index (χ0) is 33.8. The number of ketones is 1. The van der Waals surface area contributed by atoms with Gasteiger partial charge in [-0.05, 0) is 47.7 Å². The third-order valence-corrected chi connectivity index (χ3v) is 9.18. The van der Waals surface area contributed by atoms with Crippen LogP contribution in [-0.2, 0) is 25.6 Å². The highest BCUT2D eigenvalue weighted by molar-refractivity contribution is 5.95. The fraction of sp³-hybridized carbons (Fsp3) is 0.474. The Labute approximate surface area is 278 Å². The lowest BCUT2D eigenvalue weighted by Gasteiger charge is -2.30. The summed E-state index contributed by atoms with van der Waals surface area (Å²) in [6, 6.07) is 19.7. The average Bonchev–Trinajstić information content (AvgIpc) is 3.09. The number of carbonyl (C=O) groups is 4. The van der Waals surface area contributed by atoms with E-state index in [0.717, 1.165) is 34.1 Å². The number of unbranched alkanes of at least 4 members (excludes halogenated alkanes) is 1. The van der Waals surface area contributed by atoms with Crippen LogP contribution in [0.3, 0.4) is 0 Å². The van der Waals surface area contributed by atoms with E-state index in [4.69, 9.17) is 10.5 Å². The van der Waals surface area contributed by atoms with Crippen LogP contribution in [0.25, 0.3) is 10.8 Å². The second-order valence-corrected chi connectivity index (χ2v) is 12.6. The number of nitrogens with one attached hydrogen (secondary N) is 3. The molecule has 5 atom stereocenters. The summed E-state index contributed by atoms with van der Waals surface area (Å²) in [5, 5.41) is 11.2. The molecule has 0 fully saturated rings. The second-order valence-electron chi connectivity index (χ2n) is 12.6. The third kappa shape index (κ3) is 9.88. The molecule has 0 aliphatic carbocycles. The van der Waals surface area contributed by atoms with Crippen molar-refractivity contribution in [3.63, 3.8) is 0 Å². The molecule has 9 nitrogen and oxygen atoms in total. The van der Waals surface area contributed by atoms with Crippen LogP contribution in [0.2, 0.25) is 0 Å². The number of benzene rings is 3. The van der Waals surface area contributed by atoms with Crippen molar-refractivity contribution in [3.05, 3.63) is 77.9 Å². The topological polar surface area (TPSA) is 140 Å². The lowest BCUT2D eigenvalue weighted by atomic mass is 9.87. The van der Waals surface area contributed by atoms with Gasteiger partial charge in [0, 0.05) is 37.2 Å². The highest BCUT2D eigenvalue weighted by atomic mass is 16.5. The fourth-order valence-electron chi connectivity index (χ4n) is 6.15. The Kier molecular flexibility index (Phi) is 13.3. The van der Waals surface area contributed by atoms with Gasteiger partial charge in [-0.1, -0.05) is 94.3 Å². The predicted molar refractivity (Wildman–Crippen MR) is 185 cm³/mol. The lowest BCUT2D eigenvalue weighted by molar-refractivity contribution is -0.134. The van der Waals surface area contributed by atoms with Gasteiger partial charge in [-0.25, -0.2) is 0 Å². The van der Waals surface area contributed by atoms with E-state index in [1.54, 1.807) is 6.92 Å². The first-order valence-electron chi connectivity index (χ1n) is 17.1. The third-order valence-electron chi connectivity index (χ3n) is 9.18. The molecule has 0 unspecified atom stereocenters. The number of hydrogen-bond acceptors (Lipinski definition) is 6. The average molecular weight is 643 g/mol. The van der Waals surface area contributed by atoms with E-state index in [9.17, 15) is 19.2 Å². The Balaban J connectivity index is 1.50. The molecule has 1 aliphatic heterocycles. The smallest absolute Gasteiger partial charge is 0.243 e. The van der Waals surface area contributed by atoms with Crippen LogP contribution >= 0.6 is 0 Å². The summed E-state index contributed by atoms with van der Waals surface area (Å²) < 4.78 is 5.77. The van der Waals surface area contributed by atoms with Crippen molar-refractivity contribution in [2.24, 2.45) is 17.6 Å². The number of amides is 3. The Morgan fingerprint density at radius 2 is 1.66 bits per heavy atom. The van der Waals surface area contributed by atoms with Gasteiger partial charge in [-0.2, -0.15) is 0 Å². The van der Waals surface area contributed by atoms with E-state index < -0.39 is 23.9 Å². The van der Waals surface area contributed by atoms with E-state index in [1.165, 1.54) is 0 Å². The molecule has 0 bridgehead atoms. The molecule has 3 aromatic carbocycles. The molecule has 1 aliphatic rings.